The van der Waals surface area contributed by atoms with E-state index >= 15 is 0 Å². The van der Waals surface area contributed by atoms with Gasteiger partial charge >= 0.3 is 0 Å². The monoisotopic (exact) mass is 345 g/mol. The van der Waals surface area contributed by atoms with E-state index in [1.54, 1.807) is 11.3 Å². The first-order valence-electron chi connectivity index (χ1n) is 6.60. The van der Waals surface area contributed by atoms with E-state index in [-0.39, 0.29) is 0 Å². The predicted octanol–water partition coefficient (Wildman–Crippen LogP) is 5.96. The molecule has 0 radical (unpaired) electrons. The van der Waals surface area contributed by atoms with Crippen molar-refractivity contribution in [3.05, 3.63) is 50.4 Å². The van der Waals surface area contributed by atoms with Gasteiger partial charge in [-0.05, 0) is 68.1 Å². The molecule has 0 aliphatic rings. The highest BCUT2D eigenvalue weighted by Gasteiger charge is 2.14. The van der Waals surface area contributed by atoms with E-state index in [9.17, 15) is 0 Å². The highest BCUT2D eigenvalue weighted by atomic mass is 79.9. The number of rotatable bonds is 1. The lowest BCUT2D eigenvalue weighted by Gasteiger charge is -2.10. The largest absolute Gasteiger partial charge is 0.252 e. The number of fused-ring (bicyclic) bond motifs is 1. The van der Waals surface area contributed by atoms with Crippen molar-refractivity contribution < 1.29 is 0 Å². The first-order chi connectivity index (χ1) is 9.47. The van der Waals surface area contributed by atoms with Gasteiger partial charge in [-0.2, -0.15) is 0 Å². The van der Waals surface area contributed by atoms with Gasteiger partial charge < -0.3 is 0 Å². The number of nitrogens with zero attached hydrogens (tertiary/aromatic N) is 1. The minimum Gasteiger partial charge on any atom is -0.252 e. The Morgan fingerprint density at radius 1 is 0.950 bits per heavy atom. The van der Waals surface area contributed by atoms with Gasteiger partial charge in [-0.1, -0.05) is 15.9 Å². The summed E-state index contributed by atoms with van der Waals surface area (Å²) >= 11 is 5.36. The summed E-state index contributed by atoms with van der Waals surface area (Å²) in [6, 6.07) is 6.51. The van der Waals surface area contributed by atoms with Crippen LogP contribution in [-0.4, -0.2) is 4.98 Å². The Morgan fingerprint density at radius 3 is 2.25 bits per heavy atom. The van der Waals surface area contributed by atoms with Crippen LogP contribution in [0.1, 0.15) is 22.4 Å². The maximum absolute atomic E-state index is 4.78. The van der Waals surface area contributed by atoms with Crippen LogP contribution in [0.5, 0.6) is 0 Å². The van der Waals surface area contributed by atoms with Crippen molar-refractivity contribution in [1.29, 1.82) is 0 Å². The third-order valence-corrected chi connectivity index (χ3v) is 5.17. The smallest absolute Gasteiger partial charge is 0.0894 e. The van der Waals surface area contributed by atoms with Crippen molar-refractivity contribution in [3.8, 4) is 11.1 Å². The molecule has 102 valence electrons. The van der Waals surface area contributed by atoms with Crippen LogP contribution in [0.2, 0.25) is 0 Å². The van der Waals surface area contributed by atoms with Crippen LogP contribution < -0.4 is 0 Å². The third-order valence-electron chi connectivity index (χ3n) is 3.60. The zero-order valence-corrected chi connectivity index (χ0v) is 14.4. The van der Waals surface area contributed by atoms with Crippen LogP contribution in [-0.2, 0) is 0 Å². The summed E-state index contributed by atoms with van der Waals surface area (Å²) in [4.78, 5) is 4.78. The number of benzene rings is 1. The van der Waals surface area contributed by atoms with Gasteiger partial charge in [0.15, 0.2) is 0 Å². The molecule has 0 fully saturated rings. The lowest BCUT2D eigenvalue weighted by Crippen LogP contribution is -1.90. The Balaban J connectivity index is 2.36. The molecule has 0 saturated heterocycles. The molecular formula is C17H16BrNS. The summed E-state index contributed by atoms with van der Waals surface area (Å²) in [7, 11) is 0. The van der Waals surface area contributed by atoms with Crippen molar-refractivity contribution in [3.63, 3.8) is 0 Å². The van der Waals surface area contributed by atoms with E-state index in [4.69, 9.17) is 4.98 Å². The summed E-state index contributed by atoms with van der Waals surface area (Å²) in [5.74, 6) is 0. The van der Waals surface area contributed by atoms with Crippen molar-refractivity contribution in [2.24, 2.45) is 0 Å². The summed E-state index contributed by atoms with van der Waals surface area (Å²) < 4.78 is 2.43. The standard InChI is InChI=1S/C17H16BrNS/c1-9-6-13(18)7-10(2)15(9)14-8-20-17-11(3)5-12(4)19-16(14)17/h5-8H,1-4H3. The van der Waals surface area contributed by atoms with Crippen molar-refractivity contribution in [1.82, 2.24) is 4.98 Å². The Morgan fingerprint density at radius 2 is 1.60 bits per heavy atom. The first-order valence-corrected chi connectivity index (χ1v) is 8.27. The van der Waals surface area contributed by atoms with E-state index in [1.807, 2.05) is 0 Å². The molecule has 0 spiro atoms. The molecule has 0 atom stereocenters. The van der Waals surface area contributed by atoms with E-state index in [2.05, 4.69) is 67.2 Å². The Bertz CT molecular complexity index is 794. The molecule has 2 aromatic heterocycles. The average molecular weight is 346 g/mol. The number of hydrogen-bond donors (Lipinski definition) is 0. The lowest BCUT2D eigenvalue weighted by molar-refractivity contribution is 1.24. The van der Waals surface area contributed by atoms with E-state index < -0.39 is 0 Å². The molecule has 1 aromatic carbocycles. The Labute approximate surface area is 131 Å². The maximum Gasteiger partial charge on any atom is 0.0894 e. The molecule has 0 aliphatic carbocycles. The second-order valence-electron chi connectivity index (χ2n) is 5.32. The van der Waals surface area contributed by atoms with Gasteiger partial charge in [-0.25, -0.2) is 0 Å². The summed E-state index contributed by atoms with van der Waals surface area (Å²) in [6.07, 6.45) is 0. The molecule has 0 amide bonds. The van der Waals surface area contributed by atoms with Crippen LogP contribution in [0.4, 0.5) is 0 Å². The number of aryl methyl sites for hydroxylation is 4. The lowest BCUT2D eigenvalue weighted by atomic mass is 9.96. The zero-order valence-electron chi connectivity index (χ0n) is 12.0. The second kappa shape index (κ2) is 4.97. The molecular weight excluding hydrogens is 330 g/mol. The van der Waals surface area contributed by atoms with Gasteiger partial charge in [0.05, 0.1) is 10.2 Å². The summed E-state index contributed by atoms with van der Waals surface area (Å²) in [5.41, 5.74) is 8.70. The fourth-order valence-electron chi connectivity index (χ4n) is 2.84. The number of pyridine rings is 1. The number of halogens is 1. The molecule has 0 aliphatic heterocycles. The van der Waals surface area contributed by atoms with E-state index in [0.717, 1.165) is 15.7 Å². The third kappa shape index (κ3) is 2.19. The van der Waals surface area contributed by atoms with E-state index in [1.165, 1.54) is 32.5 Å². The highest BCUT2D eigenvalue weighted by Crippen LogP contribution is 2.38. The van der Waals surface area contributed by atoms with Crippen molar-refractivity contribution >= 4 is 37.5 Å². The van der Waals surface area contributed by atoms with Crippen LogP contribution in [0.15, 0.2) is 28.1 Å². The number of thiophene rings is 1. The number of aromatic nitrogens is 1. The molecule has 0 saturated carbocycles. The quantitative estimate of drug-likeness (QED) is 0.530. The minimum absolute atomic E-state index is 1.09. The Kier molecular flexibility index (Phi) is 3.43. The Hall–Kier alpha value is -1.19. The summed E-state index contributed by atoms with van der Waals surface area (Å²) in [5, 5.41) is 2.24. The van der Waals surface area contributed by atoms with Gasteiger partial charge in [-0.3, -0.25) is 4.98 Å². The molecule has 2 heterocycles. The zero-order chi connectivity index (χ0) is 14.4. The molecule has 0 unspecified atom stereocenters. The van der Waals surface area contributed by atoms with Gasteiger partial charge in [0, 0.05) is 21.1 Å². The normalized spacial score (nSPS) is 11.2. The SMILES string of the molecule is Cc1cc(C)c2scc(-c3c(C)cc(Br)cc3C)c2n1. The van der Waals surface area contributed by atoms with Gasteiger partial charge in [0.25, 0.3) is 0 Å². The molecule has 3 aromatic rings. The van der Waals surface area contributed by atoms with Gasteiger partial charge in [0.1, 0.15) is 0 Å². The molecule has 3 heteroatoms. The second-order valence-corrected chi connectivity index (χ2v) is 7.12. The molecule has 0 bridgehead atoms. The predicted molar refractivity (Wildman–Crippen MR) is 91.7 cm³/mol. The van der Waals surface area contributed by atoms with Crippen LogP contribution >= 0.6 is 27.3 Å². The minimum atomic E-state index is 1.09. The first kappa shape index (κ1) is 13.8. The summed E-state index contributed by atoms with van der Waals surface area (Å²) in [6.45, 7) is 8.56. The molecule has 0 N–H and O–H groups in total. The van der Waals surface area contributed by atoms with Gasteiger partial charge in [-0.15, -0.1) is 11.3 Å². The number of hydrogen-bond acceptors (Lipinski definition) is 2. The van der Waals surface area contributed by atoms with Crippen LogP contribution in [0, 0.1) is 27.7 Å². The topological polar surface area (TPSA) is 12.9 Å². The van der Waals surface area contributed by atoms with Crippen LogP contribution in [0.3, 0.4) is 0 Å². The van der Waals surface area contributed by atoms with Crippen molar-refractivity contribution in [2.45, 2.75) is 27.7 Å². The highest BCUT2D eigenvalue weighted by molar-refractivity contribution is 9.10. The fraction of sp³-hybridized carbons (Fsp3) is 0.235. The molecule has 1 nitrogen and oxygen atoms in total. The van der Waals surface area contributed by atoms with Crippen molar-refractivity contribution in [2.75, 3.05) is 0 Å². The van der Waals surface area contributed by atoms with Gasteiger partial charge in [0.2, 0.25) is 0 Å². The maximum atomic E-state index is 4.78. The fourth-order valence-corrected chi connectivity index (χ4v) is 4.51. The molecule has 3 rings (SSSR count). The van der Waals surface area contributed by atoms with E-state index in [0.29, 0.717) is 0 Å². The van der Waals surface area contributed by atoms with Crippen LogP contribution in [0.25, 0.3) is 21.3 Å². The average Bonchev–Trinajstić information content (AvgIpc) is 2.72. The molecule has 20 heavy (non-hydrogen) atoms.